The zero-order valence-electron chi connectivity index (χ0n) is 10.6. The van der Waals surface area contributed by atoms with Gasteiger partial charge in [-0.3, -0.25) is 4.79 Å². The number of nitrogens with zero attached hydrogens (tertiary/aromatic N) is 1. The molecule has 1 fully saturated rings. The lowest BCUT2D eigenvalue weighted by Crippen LogP contribution is -2.25. The van der Waals surface area contributed by atoms with Crippen LogP contribution in [0.3, 0.4) is 0 Å². The third-order valence-corrected chi connectivity index (χ3v) is 2.97. The molecule has 1 aliphatic rings. The molecule has 3 nitrogen and oxygen atoms in total. The molecule has 1 amide bonds. The van der Waals surface area contributed by atoms with Crippen LogP contribution in [0.15, 0.2) is 24.3 Å². The van der Waals surface area contributed by atoms with E-state index in [1.165, 1.54) is 0 Å². The van der Waals surface area contributed by atoms with E-state index >= 15 is 0 Å². The van der Waals surface area contributed by atoms with E-state index in [0.29, 0.717) is 12.3 Å². The largest absolute Gasteiger partial charge is 0.383 e. The maximum atomic E-state index is 11.8. The third kappa shape index (κ3) is 2.78. The first-order valence-electron chi connectivity index (χ1n) is 6.31. The molecule has 1 N–H and O–H groups in total. The molecule has 0 atom stereocenters. The lowest BCUT2D eigenvalue weighted by Gasteiger charge is -2.21. The summed E-state index contributed by atoms with van der Waals surface area (Å²) in [5.74, 6) is 0.834. The number of hydrogen-bond donors (Lipinski definition) is 1. The van der Waals surface area contributed by atoms with Gasteiger partial charge in [0.15, 0.2) is 0 Å². The minimum Gasteiger partial charge on any atom is -0.383 e. The van der Waals surface area contributed by atoms with Crippen molar-refractivity contribution in [2.75, 3.05) is 23.3 Å². The summed E-state index contributed by atoms with van der Waals surface area (Å²) in [6, 6.07) is 8.06. The summed E-state index contributed by atoms with van der Waals surface area (Å²) in [6.07, 6.45) is 1.65. The van der Waals surface area contributed by atoms with Gasteiger partial charge in [0.25, 0.3) is 0 Å². The van der Waals surface area contributed by atoms with Crippen molar-refractivity contribution in [2.24, 2.45) is 5.92 Å². The molecule has 1 aliphatic heterocycles. The minimum atomic E-state index is 0.240. The Kier molecular flexibility index (Phi) is 3.67. The number of para-hydroxylation sites is 2. The molecule has 3 heteroatoms. The van der Waals surface area contributed by atoms with E-state index in [4.69, 9.17) is 0 Å². The van der Waals surface area contributed by atoms with Gasteiger partial charge in [0.1, 0.15) is 0 Å². The van der Waals surface area contributed by atoms with Gasteiger partial charge in [-0.25, -0.2) is 0 Å². The summed E-state index contributed by atoms with van der Waals surface area (Å²) in [4.78, 5) is 13.7. The van der Waals surface area contributed by atoms with Crippen LogP contribution in [0.5, 0.6) is 0 Å². The van der Waals surface area contributed by atoms with Gasteiger partial charge in [-0.15, -0.1) is 0 Å². The highest BCUT2D eigenvalue weighted by Crippen LogP contribution is 2.29. The summed E-state index contributed by atoms with van der Waals surface area (Å²) < 4.78 is 0. The first kappa shape index (κ1) is 12.0. The Balaban J connectivity index is 2.18. The van der Waals surface area contributed by atoms with E-state index in [2.05, 4.69) is 19.2 Å². The zero-order chi connectivity index (χ0) is 12.3. The molecule has 0 spiro atoms. The van der Waals surface area contributed by atoms with Crippen molar-refractivity contribution in [3.8, 4) is 0 Å². The smallest absolute Gasteiger partial charge is 0.227 e. The average molecular weight is 232 g/mol. The van der Waals surface area contributed by atoms with Crippen LogP contribution in [0.25, 0.3) is 0 Å². The molecule has 0 aliphatic carbocycles. The number of rotatable bonds is 4. The summed E-state index contributed by atoms with van der Waals surface area (Å²) in [5, 5.41) is 3.42. The fourth-order valence-corrected chi connectivity index (χ4v) is 2.08. The second kappa shape index (κ2) is 5.21. The highest BCUT2D eigenvalue weighted by Gasteiger charge is 2.23. The van der Waals surface area contributed by atoms with E-state index < -0.39 is 0 Å². The fraction of sp³-hybridized carbons (Fsp3) is 0.500. The number of carbonyl (C=O) groups is 1. The van der Waals surface area contributed by atoms with Crippen LogP contribution in [0.4, 0.5) is 11.4 Å². The molecule has 1 heterocycles. The quantitative estimate of drug-likeness (QED) is 0.865. The second-order valence-corrected chi connectivity index (χ2v) is 4.94. The van der Waals surface area contributed by atoms with Crippen molar-refractivity contribution in [1.29, 1.82) is 0 Å². The van der Waals surface area contributed by atoms with Crippen molar-refractivity contribution in [1.82, 2.24) is 0 Å². The maximum Gasteiger partial charge on any atom is 0.227 e. The van der Waals surface area contributed by atoms with E-state index in [1.807, 2.05) is 29.2 Å². The van der Waals surface area contributed by atoms with Crippen LogP contribution in [0, 0.1) is 5.92 Å². The van der Waals surface area contributed by atoms with E-state index in [-0.39, 0.29) is 5.91 Å². The second-order valence-electron chi connectivity index (χ2n) is 4.94. The first-order chi connectivity index (χ1) is 8.18. The highest BCUT2D eigenvalue weighted by atomic mass is 16.2. The fourth-order valence-electron chi connectivity index (χ4n) is 2.08. The first-order valence-corrected chi connectivity index (χ1v) is 6.31. The van der Waals surface area contributed by atoms with E-state index in [0.717, 1.165) is 30.9 Å². The Morgan fingerprint density at radius 1 is 1.35 bits per heavy atom. The van der Waals surface area contributed by atoms with Crippen LogP contribution in [-0.4, -0.2) is 19.0 Å². The molecule has 0 radical (unpaired) electrons. The van der Waals surface area contributed by atoms with Gasteiger partial charge in [0.05, 0.1) is 11.4 Å². The van der Waals surface area contributed by atoms with Crippen LogP contribution >= 0.6 is 0 Å². The van der Waals surface area contributed by atoms with Gasteiger partial charge >= 0.3 is 0 Å². The molecule has 0 saturated carbocycles. The number of anilines is 2. The molecule has 1 saturated heterocycles. The van der Waals surface area contributed by atoms with Gasteiger partial charge in [-0.2, -0.15) is 0 Å². The number of benzene rings is 1. The lowest BCUT2D eigenvalue weighted by molar-refractivity contribution is -0.117. The highest BCUT2D eigenvalue weighted by molar-refractivity contribution is 5.98. The maximum absolute atomic E-state index is 11.8. The monoisotopic (exact) mass is 232 g/mol. The molecule has 0 aromatic heterocycles. The molecular weight excluding hydrogens is 212 g/mol. The number of carbonyl (C=O) groups excluding carboxylic acids is 1. The lowest BCUT2D eigenvalue weighted by atomic mass is 10.2. The number of hydrogen-bond acceptors (Lipinski definition) is 2. The van der Waals surface area contributed by atoms with Gasteiger partial charge in [-0.1, -0.05) is 26.0 Å². The summed E-state index contributed by atoms with van der Waals surface area (Å²) in [6.45, 7) is 6.13. The Morgan fingerprint density at radius 2 is 2.12 bits per heavy atom. The van der Waals surface area contributed by atoms with Crippen molar-refractivity contribution in [3.63, 3.8) is 0 Å². The number of amides is 1. The average Bonchev–Trinajstić information content (AvgIpc) is 2.73. The van der Waals surface area contributed by atoms with Crippen molar-refractivity contribution in [2.45, 2.75) is 26.7 Å². The van der Waals surface area contributed by atoms with Gasteiger partial charge in [0, 0.05) is 19.5 Å². The Morgan fingerprint density at radius 3 is 2.76 bits per heavy atom. The molecule has 0 bridgehead atoms. The minimum absolute atomic E-state index is 0.240. The molecule has 17 heavy (non-hydrogen) atoms. The molecular formula is C14H20N2O. The van der Waals surface area contributed by atoms with Crippen molar-refractivity contribution in [3.05, 3.63) is 24.3 Å². The van der Waals surface area contributed by atoms with Gasteiger partial charge < -0.3 is 10.2 Å². The standard InChI is InChI=1S/C14H20N2O/c1-11(2)10-15-12-6-3-4-7-13(12)16-9-5-8-14(16)17/h3-4,6-7,11,15H,5,8-10H2,1-2H3. The Bertz CT molecular complexity index is 401. The Hall–Kier alpha value is -1.51. The predicted octanol–water partition coefficient (Wildman–Crippen LogP) is 2.88. The van der Waals surface area contributed by atoms with Crippen molar-refractivity contribution < 1.29 is 4.79 Å². The Labute approximate surface area is 103 Å². The van der Waals surface area contributed by atoms with E-state index in [9.17, 15) is 4.79 Å². The predicted molar refractivity (Wildman–Crippen MR) is 71.4 cm³/mol. The summed E-state index contributed by atoms with van der Waals surface area (Å²) in [7, 11) is 0. The van der Waals surface area contributed by atoms with Gasteiger partial charge in [0.2, 0.25) is 5.91 Å². The van der Waals surface area contributed by atoms with Crippen molar-refractivity contribution >= 4 is 17.3 Å². The van der Waals surface area contributed by atoms with Crippen LogP contribution in [0.1, 0.15) is 26.7 Å². The van der Waals surface area contributed by atoms with Gasteiger partial charge in [-0.05, 0) is 24.5 Å². The van der Waals surface area contributed by atoms with E-state index in [1.54, 1.807) is 0 Å². The zero-order valence-corrected chi connectivity index (χ0v) is 10.6. The topological polar surface area (TPSA) is 32.3 Å². The molecule has 0 unspecified atom stereocenters. The summed E-state index contributed by atoms with van der Waals surface area (Å²) >= 11 is 0. The van der Waals surface area contributed by atoms with Crippen LogP contribution in [0.2, 0.25) is 0 Å². The third-order valence-electron chi connectivity index (χ3n) is 2.97. The molecule has 92 valence electrons. The molecule has 1 aromatic carbocycles. The molecule has 2 rings (SSSR count). The van der Waals surface area contributed by atoms with Crippen LogP contribution < -0.4 is 10.2 Å². The molecule has 1 aromatic rings. The van der Waals surface area contributed by atoms with Crippen LogP contribution in [-0.2, 0) is 4.79 Å². The summed E-state index contributed by atoms with van der Waals surface area (Å²) in [5.41, 5.74) is 2.09. The normalized spacial score (nSPS) is 15.7. The number of nitrogens with one attached hydrogen (secondary N) is 1. The SMILES string of the molecule is CC(C)CNc1ccccc1N1CCCC1=O.